The Morgan fingerprint density at radius 3 is 2.26 bits per heavy atom. The number of allylic oxidation sites excluding steroid dienone is 2. The maximum Gasteiger partial charge on any atom is 0.254 e. The zero-order chi connectivity index (χ0) is 15.8. The summed E-state index contributed by atoms with van der Waals surface area (Å²) >= 11 is 0. The minimum atomic E-state index is -0.235. The van der Waals surface area contributed by atoms with Crippen LogP contribution in [0.5, 0.6) is 5.75 Å². The van der Waals surface area contributed by atoms with Gasteiger partial charge < -0.3 is 5.11 Å². The second-order valence-corrected chi connectivity index (χ2v) is 7.01. The van der Waals surface area contributed by atoms with E-state index in [-0.39, 0.29) is 46.7 Å². The van der Waals surface area contributed by atoms with Crippen LogP contribution in [0.2, 0.25) is 0 Å². The van der Waals surface area contributed by atoms with E-state index in [1.807, 2.05) is 0 Å². The van der Waals surface area contributed by atoms with Crippen molar-refractivity contribution < 1.29 is 14.7 Å². The molecule has 0 aromatic heterocycles. The molecule has 1 heterocycles. The Kier molecular flexibility index (Phi) is 2.33. The van der Waals surface area contributed by atoms with E-state index in [4.69, 9.17) is 0 Å². The molecule has 0 radical (unpaired) electrons. The minimum absolute atomic E-state index is 0.0780. The van der Waals surface area contributed by atoms with E-state index >= 15 is 0 Å². The number of hydrazone groups is 1. The van der Waals surface area contributed by atoms with Crippen LogP contribution < -0.4 is 0 Å². The molecule has 4 aliphatic rings. The van der Waals surface area contributed by atoms with Crippen molar-refractivity contribution in [2.24, 2.45) is 34.2 Å². The van der Waals surface area contributed by atoms with Crippen LogP contribution in [-0.2, 0) is 9.59 Å². The lowest BCUT2D eigenvalue weighted by molar-refractivity contribution is -0.141. The molecule has 5 rings (SSSR count). The van der Waals surface area contributed by atoms with Gasteiger partial charge in [0.05, 0.1) is 18.1 Å². The highest BCUT2D eigenvalue weighted by atomic mass is 16.3. The van der Waals surface area contributed by atoms with Crippen LogP contribution in [-0.4, -0.2) is 28.1 Å². The number of carbonyl (C=O) groups excluding carboxylic acids is 2. The molecule has 1 aromatic carbocycles. The number of carbonyl (C=O) groups is 2. The van der Waals surface area contributed by atoms with Gasteiger partial charge in [0, 0.05) is 5.56 Å². The van der Waals surface area contributed by atoms with E-state index in [1.54, 1.807) is 24.3 Å². The van der Waals surface area contributed by atoms with Crippen molar-refractivity contribution in [2.75, 3.05) is 0 Å². The molecule has 5 nitrogen and oxygen atoms in total. The summed E-state index contributed by atoms with van der Waals surface area (Å²) in [6, 6.07) is 6.71. The molecule has 2 amide bonds. The van der Waals surface area contributed by atoms with Gasteiger partial charge in [-0.2, -0.15) is 10.1 Å². The maximum absolute atomic E-state index is 12.7. The van der Waals surface area contributed by atoms with Crippen LogP contribution in [0, 0.1) is 29.1 Å². The summed E-state index contributed by atoms with van der Waals surface area (Å²) < 4.78 is 0. The van der Waals surface area contributed by atoms with Crippen molar-refractivity contribution in [1.82, 2.24) is 5.01 Å². The van der Waals surface area contributed by atoms with Crippen LogP contribution >= 0.6 is 0 Å². The third-order valence-electron chi connectivity index (χ3n) is 6.08. The molecular formula is C18H16N2O3. The summed E-state index contributed by atoms with van der Waals surface area (Å²) in [5, 5.41) is 14.9. The molecule has 1 aliphatic heterocycles. The van der Waals surface area contributed by atoms with Gasteiger partial charge in [-0.25, -0.2) is 0 Å². The average Bonchev–Trinajstić information content (AvgIpc) is 3.15. The molecule has 3 aliphatic carbocycles. The van der Waals surface area contributed by atoms with Crippen LogP contribution in [0.25, 0.3) is 0 Å². The van der Waals surface area contributed by atoms with Gasteiger partial charge in [-0.05, 0) is 42.2 Å². The van der Waals surface area contributed by atoms with Crippen molar-refractivity contribution in [1.29, 1.82) is 0 Å². The molecule has 1 saturated heterocycles. The number of fused-ring (bicyclic) bond motifs is 3. The van der Waals surface area contributed by atoms with E-state index < -0.39 is 0 Å². The van der Waals surface area contributed by atoms with Crippen LogP contribution in [0.3, 0.4) is 0 Å². The van der Waals surface area contributed by atoms with Crippen LogP contribution in [0.15, 0.2) is 41.5 Å². The lowest BCUT2D eigenvalue weighted by Crippen LogP contribution is -2.30. The first-order valence-electron chi connectivity index (χ1n) is 8.02. The number of phenols is 1. The SMILES string of the molecule is O=C1[C@@H]2[C@@H](C(=O)N1/N=C\c1ccccc1O)[C@@H]1C=C[C@H]2C12CC2. The average molecular weight is 308 g/mol. The first-order valence-corrected chi connectivity index (χ1v) is 8.02. The molecule has 1 aromatic rings. The van der Waals surface area contributed by atoms with E-state index in [0.717, 1.165) is 17.9 Å². The van der Waals surface area contributed by atoms with Gasteiger partial charge in [-0.1, -0.05) is 24.3 Å². The van der Waals surface area contributed by atoms with E-state index in [0.29, 0.717) is 5.56 Å². The van der Waals surface area contributed by atoms with Crippen molar-refractivity contribution in [3.05, 3.63) is 42.0 Å². The molecule has 1 spiro atoms. The van der Waals surface area contributed by atoms with Gasteiger partial charge in [0.1, 0.15) is 5.75 Å². The molecule has 23 heavy (non-hydrogen) atoms. The molecule has 3 fully saturated rings. The van der Waals surface area contributed by atoms with E-state index in [2.05, 4.69) is 17.3 Å². The summed E-state index contributed by atoms with van der Waals surface area (Å²) in [7, 11) is 0. The Labute approximate surface area is 133 Å². The Morgan fingerprint density at radius 2 is 1.70 bits per heavy atom. The van der Waals surface area contributed by atoms with Crippen molar-refractivity contribution in [3.63, 3.8) is 0 Å². The van der Waals surface area contributed by atoms with Crippen LogP contribution in [0.4, 0.5) is 0 Å². The second kappa shape index (κ2) is 4.10. The Hall–Kier alpha value is -2.43. The number of nitrogens with zero attached hydrogens (tertiary/aromatic N) is 2. The molecule has 2 saturated carbocycles. The fourth-order valence-electron chi connectivity index (χ4n) is 4.89. The molecule has 1 N–H and O–H groups in total. The minimum Gasteiger partial charge on any atom is -0.507 e. The van der Waals surface area contributed by atoms with E-state index in [1.165, 1.54) is 6.21 Å². The molecule has 2 bridgehead atoms. The summed E-state index contributed by atoms with van der Waals surface area (Å²) in [5.41, 5.74) is 0.693. The summed E-state index contributed by atoms with van der Waals surface area (Å²) in [6.07, 6.45) is 7.92. The second-order valence-electron chi connectivity index (χ2n) is 7.01. The number of phenolic OH excluding ortho intramolecular Hbond substituents is 1. The first kappa shape index (κ1) is 13.0. The zero-order valence-corrected chi connectivity index (χ0v) is 12.4. The van der Waals surface area contributed by atoms with Gasteiger partial charge in [0.15, 0.2) is 0 Å². The highest BCUT2D eigenvalue weighted by Crippen LogP contribution is 2.73. The van der Waals surface area contributed by atoms with Gasteiger partial charge in [-0.15, -0.1) is 0 Å². The molecular weight excluding hydrogens is 292 g/mol. The van der Waals surface area contributed by atoms with Gasteiger partial charge >= 0.3 is 0 Å². The predicted molar refractivity (Wildman–Crippen MR) is 82.3 cm³/mol. The maximum atomic E-state index is 12.7. The third kappa shape index (κ3) is 1.49. The number of aromatic hydroxyl groups is 1. The summed E-state index contributed by atoms with van der Waals surface area (Å²) in [4.78, 5) is 25.4. The topological polar surface area (TPSA) is 70.0 Å². The fraction of sp³-hybridized carbons (Fsp3) is 0.389. The molecule has 0 unspecified atom stereocenters. The normalized spacial score (nSPS) is 35.7. The van der Waals surface area contributed by atoms with Crippen molar-refractivity contribution in [2.45, 2.75) is 12.8 Å². The quantitative estimate of drug-likeness (QED) is 0.515. The Morgan fingerprint density at radius 1 is 1.09 bits per heavy atom. The number of amides is 2. The molecule has 116 valence electrons. The van der Waals surface area contributed by atoms with Gasteiger partial charge in [0.2, 0.25) is 0 Å². The number of para-hydroxylation sites is 1. The van der Waals surface area contributed by atoms with E-state index in [9.17, 15) is 14.7 Å². The number of hydrogen-bond donors (Lipinski definition) is 1. The molecule has 4 atom stereocenters. The van der Waals surface area contributed by atoms with Crippen molar-refractivity contribution in [3.8, 4) is 5.75 Å². The number of imide groups is 1. The summed E-state index contributed by atoms with van der Waals surface area (Å²) in [6.45, 7) is 0. The Bertz CT molecular complexity index is 759. The Balaban J connectivity index is 1.46. The largest absolute Gasteiger partial charge is 0.507 e. The lowest BCUT2D eigenvalue weighted by atomic mass is 9.85. The number of hydrogen-bond acceptors (Lipinski definition) is 4. The first-order chi connectivity index (χ1) is 11.1. The number of benzene rings is 1. The van der Waals surface area contributed by atoms with Crippen molar-refractivity contribution >= 4 is 18.0 Å². The predicted octanol–water partition coefficient (Wildman–Crippen LogP) is 1.92. The summed E-state index contributed by atoms with van der Waals surface area (Å²) in [5.74, 6) is -0.347. The number of rotatable bonds is 2. The monoisotopic (exact) mass is 308 g/mol. The molecule has 5 heteroatoms. The zero-order valence-electron chi connectivity index (χ0n) is 12.4. The highest BCUT2D eigenvalue weighted by Gasteiger charge is 2.73. The third-order valence-corrected chi connectivity index (χ3v) is 6.08. The highest BCUT2D eigenvalue weighted by molar-refractivity contribution is 6.07. The van der Waals surface area contributed by atoms with Crippen LogP contribution in [0.1, 0.15) is 18.4 Å². The van der Waals surface area contributed by atoms with Gasteiger partial charge in [0.25, 0.3) is 11.8 Å². The standard InChI is InChI=1S/C18H16N2O3/c21-13-4-2-1-3-10(13)9-19-20-16(22)14-11-5-6-12(15(14)17(20)23)18(11)7-8-18/h1-6,9,11-12,14-15,21H,7-8H2/b19-9-/t11-,12+,14-,15-/m0/s1. The lowest BCUT2D eigenvalue weighted by Gasteiger charge is -2.18. The smallest absolute Gasteiger partial charge is 0.254 e. The fourth-order valence-corrected chi connectivity index (χ4v) is 4.89. The van der Waals surface area contributed by atoms with Gasteiger partial charge in [-0.3, -0.25) is 9.59 Å².